The Morgan fingerprint density at radius 3 is 3.00 bits per heavy atom. The third kappa shape index (κ3) is 1.85. The minimum Gasteiger partial charge on any atom is -0.490 e. The number of hydrogen-bond donors (Lipinski definition) is 0. The van der Waals surface area contributed by atoms with E-state index in [9.17, 15) is 4.79 Å². The average Bonchev–Trinajstić information content (AvgIpc) is 2.18. The summed E-state index contributed by atoms with van der Waals surface area (Å²) in [4.78, 5) is 11.4. The van der Waals surface area contributed by atoms with Gasteiger partial charge in [-0.1, -0.05) is 13.5 Å². The van der Waals surface area contributed by atoms with Gasteiger partial charge in [0, 0.05) is 17.9 Å². The van der Waals surface area contributed by atoms with E-state index in [-0.39, 0.29) is 17.3 Å². The Kier molecular flexibility index (Phi) is 2.45. The summed E-state index contributed by atoms with van der Waals surface area (Å²) in [6.07, 6.45) is 5.52. The fourth-order valence-corrected chi connectivity index (χ4v) is 2.35. The minimum atomic E-state index is 0.0971. The summed E-state index contributed by atoms with van der Waals surface area (Å²) < 4.78 is 5.87. The predicted octanol–water partition coefficient (Wildman–Crippen LogP) is 2.99. The highest BCUT2D eigenvalue weighted by molar-refractivity contribution is 5.91. The SMILES string of the molecule is C=C(C)[C@@H]1CC[C@@]2(C)CCC(=O)C=C2O1. The highest BCUT2D eigenvalue weighted by atomic mass is 16.5. The van der Waals surface area contributed by atoms with Crippen LogP contribution in [0, 0.1) is 5.41 Å². The summed E-state index contributed by atoms with van der Waals surface area (Å²) in [5, 5.41) is 0. The zero-order chi connectivity index (χ0) is 11.1. The lowest BCUT2D eigenvalue weighted by Gasteiger charge is -2.42. The van der Waals surface area contributed by atoms with Crippen LogP contribution in [0.1, 0.15) is 39.5 Å². The molecule has 15 heavy (non-hydrogen) atoms. The molecule has 1 aliphatic heterocycles. The van der Waals surface area contributed by atoms with Crippen LogP contribution in [-0.2, 0) is 9.53 Å². The molecule has 1 saturated heterocycles. The van der Waals surface area contributed by atoms with E-state index in [0.717, 1.165) is 30.6 Å². The monoisotopic (exact) mass is 206 g/mol. The molecule has 2 heteroatoms. The molecule has 0 aromatic carbocycles. The number of hydrogen-bond acceptors (Lipinski definition) is 2. The van der Waals surface area contributed by atoms with E-state index in [1.165, 1.54) is 0 Å². The lowest BCUT2D eigenvalue weighted by molar-refractivity contribution is -0.117. The minimum absolute atomic E-state index is 0.0971. The Labute approximate surface area is 91.0 Å². The number of allylic oxidation sites excluding steroid dienone is 2. The van der Waals surface area contributed by atoms with Gasteiger partial charge in [-0.05, 0) is 31.8 Å². The maximum atomic E-state index is 11.4. The zero-order valence-electron chi connectivity index (χ0n) is 9.51. The van der Waals surface area contributed by atoms with Crippen molar-refractivity contribution >= 4 is 5.78 Å². The molecule has 2 rings (SSSR count). The lowest BCUT2D eigenvalue weighted by atomic mass is 9.72. The normalized spacial score (nSPS) is 35.2. The molecular weight excluding hydrogens is 188 g/mol. The molecule has 0 radical (unpaired) electrons. The van der Waals surface area contributed by atoms with Crippen molar-refractivity contribution in [1.29, 1.82) is 0 Å². The van der Waals surface area contributed by atoms with Crippen molar-refractivity contribution in [3.8, 4) is 0 Å². The molecule has 1 heterocycles. The molecule has 0 unspecified atom stereocenters. The van der Waals surface area contributed by atoms with Crippen LogP contribution in [0.25, 0.3) is 0 Å². The first-order chi connectivity index (χ1) is 7.01. The maximum absolute atomic E-state index is 11.4. The first kappa shape index (κ1) is 10.5. The van der Waals surface area contributed by atoms with Gasteiger partial charge in [-0.2, -0.15) is 0 Å². The van der Waals surface area contributed by atoms with Gasteiger partial charge >= 0.3 is 0 Å². The van der Waals surface area contributed by atoms with Gasteiger partial charge < -0.3 is 4.74 Å². The Morgan fingerprint density at radius 2 is 2.33 bits per heavy atom. The number of carbonyl (C=O) groups excluding carboxylic acids is 1. The summed E-state index contributed by atoms with van der Waals surface area (Å²) in [5.41, 5.74) is 1.15. The summed E-state index contributed by atoms with van der Waals surface area (Å²) in [6.45, 7) is 8.10. The highest BCUT2D eigenvalue weighted by Gasteiger charge is 2.40. The topological polar surface area (TPSA) is 26.3 Å². The van der Waals surface area contributed by atoms with Crippen LogP contribution in [0.3, 0.4) is 0 Å². The van der Waals surface area contributed by atoms with Gasteiger partial charge in [-0.25, -0.2) is 0 Å². The van der Waals surface area contributed by atoms with Gasteiger partial charge in [-0.15, -0.1) is 0 Å². The lowest BCUT2D eigenvalue weighted by Crippen LogP contribution is -2.35. The molecule has 0 aromatic rings. The van der Waals surface area contributed by atoms with Crippen LogP contribution in [0.15, 0.2) is 24.0 Å². The zero-order valence-corrected chi connectivity index (χ0v) is 9.51. The molecule has 0 spiro atoms. The molecule has 2 nitrogen and oxygen atoms in total. The molecule has 2 atom stereocenters. The third-order valence-electron chi connectivity index (χ3n) is 3.59. The quantitative estimate of drug-likeness (QED) is 0.616. The molecule has 0 N–H and O–H groups in total. The van der Waals surface area contributed by atoms with E-state index in [0.29, 0.717) is 6.42 Å². The summed E-state index contributed by atoms with van der Waals surface area (Å²) >= 11 is 0. The molecule has 1 fully saturated rings. The summed E-state index contributed by atoms with van der Waals surface area (Å²) in [6, 6.07) is 0. The molecule has 0 bridgehead atoms. The van der Waals surface area contributed by atoms with Gasteiger partial charge in [0.1, 0.15) is 11.9 Å². The van der Waals surface area contributed by atoms with E-state index in [1.807, 2.05) is 6.92 Å². The van der Waals surface area contributed by atoms with E-state index < -0.39 is 0 Å². The van der Waals surface area contributed by atoms with E-state index in [2.05, 4.69) is 13.5 Å². The average molecular weight is 206 g/mol. The second-order valence-corrected chi connectivity index (χ2v) is 5.03. The van der Waals surface area contributed by atoms with Gasteiger partial charge in [-0.3, -0.25) is 4.79 Å². The molecule has 2 aliphatic rings. The Morgan fingerprint density at radius 1 is 1.60 bits per heavy atom. The first-order valence-corrected chi connectivity index (χ1v) is 5.58. The van der Waals surface area contributed by atoms with Gasteiger partial charge in [0.25, 0.3) is 0 Å². The van der Waals surface area contributed by atoms with Crippen molar-refractivity contribution in [2.75, 3.05) is 0 Å². The number of carbonyl (C=O) groups is 1. The van der Waals surface area contributed by atoms with E-state index in [1.54, 1.807) is 6.08 Å². The highest BCUT2D eigenvalue weighted by Crippen LogP contribution is 2.46. The standard InChI is InChI=1S/C13H18O2/c1-9(2)11-5-7-13(3)6-4-10(14)8-12(13)15-11/h8,11H,1,4-7H2,2-3H3/t11-,13+/m0/s1. The summed E-state index contributed by atoms with van der Waals surface area (Å²) in [7, 11) is 0. The van der Waals surface area contributed by atoms with Crippen molar-refractivity contribution in [2.24, 2.45) is 5.41 Å². The van der Waals surface area contributed by atoms with Crippen LogP contribution in [0.2, 0.25) is 0 Å². The van der Waals surface area contributed by atoms with Gasteiger partial charge in [0.05, 0.1) is 0 Å². The molecule has 0 saturated carbocycles. The second-order valence-electron chi connectivity index (χ2n) is 5.03. The molecule has 82 valence electrons. The smallest absolute Gasteiger partial charge is 0.159 e. The van der Waals surface area contributed by atoms with Crippen molar-refractivity contribution < 1.29 is 9.53 Å². The molecule has 0 amide bonds. The first-order valence-electron chi connectivity index (χ1n) is 5.58. The van der Waals surface area contributed by atoms with Crippen LogP contribution < -0.4 is 0 Å². The van der Waals surface area contributed by atoms with Crippen LogP contribution in [-0.4, -0.2) is 11.9 Å². The fourth-order valence-electron chi connectivity index (χ4n) is 2.35. The molecule has 1 aliphatic carbocycles. The Balaban J connectivity index is 2.23. The van der Waals surface area contributed by atoms with E-state index in [4.69, 9.17) is 4.74 Å². The van der Waals surface area contributed by atoms with Crippen molar-refractivity contribution in [1.82, 2.24) is 0 Å². The van der Waals surface area contributed by atoms with Crippen LogP contribution in [0.4, 0.5) is 0 Å². The number of rotatable bonds is 1. The van der Waals surface area contributed by atoms with Gasteiger partial charge in [0.2, 0.25) is 0 Å². The molecular formula is C13H18O2. The number of ether oxygens (including phenoxy) is 1. The van der Waals surface area contributed by atoms with Crippen molar-refractivity contribution in [2.45, 2.75) is 45.6 Å². The fraction of sp³-hybridized carbons (Fsp3) is 0.615. The number of fused-ring (bicyclic) bond motifs is 1. The van der Waals surface area contributed by atoms with Crippen molar-refractivity contribution in [3.05, 3.63) is 24.0 Å². The predicted molar refractivity (Wildman–Crippen MR) is 59.4 cm³/mol. The Hall–Kier alpha value is -1.05. The summed E-state index contributed by atoms with van der Waals surface area (Å²) in [5.74, 6) is 1.09. The van der Waals surface area contributed by atoms with Crippen molar-refractivity contribution in [3.63, 3.8) is 0 Å². The van der Waals surface area contributed by atoms with E-state index >= 15 is 0 Å². The van der Waals surface area contributed by atoms with Crippen LogP contribution >= 0.6 is 0 Å². The number of ketones is 1. The Bertz CT molecular complexity index is 340. The second kappa shape index (κ2) is 3.51. The van der Waals surface area contributed by atoms with Gasteiger partial charge in [0.15, 0.2) is 5.78 Å². The van der Waals surface area contributed by atoms with Crippen LogP contribution in [0.5, 0.6) is 0 Å². The third-order valence-corrected chi connectivity index (χ3v) is 3.59. The maximum Gasteiger partial charge on any atom is 0.159 e. The molecule has 0 aromatic heterocycles. The largest absolute Gasteiger partial charge is 0.490 e.